The molecule has 2 aliphatic heterocycles. The lowest BCUT2D eigenvalue weighted by molar-refractivity contribution is 0.0949. The van der Waals surface area contributed by atoms with Crippen molar-refractivity contribution in [2.75, 3.05) is 31.2 Å². The van der Waals surface area contributed by atoms with Crippen molar-refractivity contribution in [2.24, 2.45) is 0 Å². The fraction of sp³-hybridized carbons (Fsp3) is 0.412. The molecule has 0 saturated carbocycles. The molecule has 2 aromatic rings. The number of carbonyl (C=O) groups is 1. The molecule has 1 aromatic heterocycles. The Kier molecular flexibility index (Phi) is 4.25. The van der Waals surface area contributed by atoms with Crippen LogP contribution in [0, 0.1) is 0 Å². The molecular weight excluding hydrogens is 326 g/mol. The van der Waals surface area contributed by atoms with Crippen LogP contribution in [0.25, 0.3) is 0 Å². The van der Waals surface area contributed by atoms with Crippen molar-refractivity contribution >= 4 is 22.4 Å². The minimum absolute atomic E-state index is 0.136. The van der Waals surface area contributed by atoms with Crippen molar-refractivity contribution in [3.8, 4) is 11.5 Å². The third kappa shape index (κ3) is 3.17. The highest BCUT2D eigenvalue weighted by Gasteiger charge is 2.17. The highest BCUT2D eigenvalue weighted by Crippen LogP contribution is 2.30. The molecule has 1 saturated heterocycles. The van der Waals surface area contributed by atoms with Crippen molar-refractivity contribution in [1.82, 2.24) is 10.3 Å². The Labute approximate surface area is 144 Å². The van der Waals surface area contributed by atoms with Crippen LogP contribution < -0.4 is 19.7 Å². The van der Waals surface area contributed by atoms with E-state index in [9.17, 15) is 4.79 Å². The van der Waals surface area contributed by atoms with Crippen molar-refractivity contribution in [3.63, 3.8) is 0 Å². The van der Waals surface area contributed by atoms with E-state index < -0.39 is 0 Å². The third-order valence-corrected chi connectivity index (χ3v) is 5.10. The topological polar surface area (TPSA) is 63.7 Å². The van der Waals surface area contributed by atoms with Gasteiger partial charge in [-0.25, -0.2) is 4.98 Å². The number of thiazole rings is 1. The van der Waals surface area contributed by atoms with Gasteiger partial charge in [0.2, 0.25) is 0 Å². The van der Waals surface area contributed by atoms with E-state index in [1.165, 1.54) is 12.8 Å². The van der Waals surface area contributed by atoms with Gasteiger partial charge >= 0.3 is 0 Å². The summed E-state index contributed by atoms with van der Waals surface area (Å²) in [7, 11) is 0. The first kappa shape index (κ1) is 15.3. The van der Waals surface area contributed by atoms with Gasteiger partial charge in [0.05, 0.1) is 12.2 Å². The molecule has 4 rings (SSSR count). The first-order valence-corrected chi connectivity index (χ1v) is 9.05. The number of ether oxygens (including phenoxy) is 2. The molecule has 1 amide bonds. The molecular formula is C17H19N3O3S. The molecule has 24 heavy (non-hydrogen) atoms. The minimum Gasteiger partial charge on any atom is -0.486 e. The number of hydrogen-bond acceptors (Lipinski definition) is 6. The van der Waals surface area contributed by atoms with Crippen LogP contribution in [-0.2, 0) is 6.54 Å². The quantitative estimate of drug-likeness (QED) is 0.922. The first-order valence-electron chi connectivity index (χ1n) is 8.17. The Morgan fingerprint density at radius 2 is 2.00 bits per heavy atom. The number of nitrogens with one attached hydrogen (secondary N) is 1. The van der Waals surface area contributed by atoms with Gasteiger partial charge in [-0.1, -0.05) is 0 Å². The van der Waals surface area contributed by atoms with Gasteiger partial charge in [0.25, 0.3) is 5.91 Å². The summed E-state index contributed by atoms with van der Waals surface area (Å²) in [4.78, 5) is 19.2. The lowest BCUT2D eigenvalue weighted by Gasteiger charge is -2.18. The zero-order chi connectivity index (χ0) is 16.4. The number of amides is 1. The molecule has 0 atom stereocenters. The smallest absolute Gasteiger partial charge is 0.251 e. The van der Waals surface area contributed by atoms with Crippen molar-refractivity contribution in [3.05, 3.63) is 34.8 Å². The molecule has 0 bridgehead atoms. The molecule has 1 fully saturated rings. The van der Waals surface area contributed by atoms with Gasteiger partial charge in [-0.3, -0.25) is 4.79 Å². The molecule has 0 unspecified atom stereocenters. The maximum atomic E-state index is 12.3. The van der Waals surface area contributed by atoms with Crippen LogP contribution in [0.15, 0.2) is 23.6 Å². The van der Waals surface area contributed by atoms with Crippen LogP contribution in [0.4, 0.5) is 5.13 Å². The predicted molar refractivity (Wildman–Crippen MR) is 92.2 cm³/mol. The molecule has 6 nitrogen and oxygen atoms in total. The zero-order valence-corrected chi connectivity index (χ0v) is 14.1. The highest BCUT2D eigenvalue weighted by molar-refractivity contribution is 7.13. The SMILES string of the molecule is O=C(NCc1csc(N2CCCC2)n1)c1ccc2c(c1)OCCO2. The maximum absolute atomic E-state index is 12.3. The molecule has 1 aromatic carbocycles. The Bertz CT molecular complexity index is 740. The summed E-state index contributed by atoms with van der Waals surface area (Å²) < 4.78 is 11.0. The molecule has 2 aliphatic rings. The Hall–Kier alpha value is -2.28. The fourth-order valence-corrected chi connectivity index (χ4v) is 3.77. The summed E-state index contributed by atoms with van der Waals surface area (Å²) in [6, 6.07) is 5.25. The molecule has 3 heterocycles. The van der Waals surface area contributed by atoms with Gasteiger partial charge in [0, 0.05) is 24.0 Å². The standard InChI is InChI=1S/C17H19N3O3S/c21-16(12-3-4-14-15(9-12)23-8-7-22-14)18-10-13-11-24-17(19-13)20-5-1-2-6-20/h3-4,9,11H,1-2,5-8,10H2,(H,18,21). The van der Waals surface area contributed by atoms with Crippen LogP contribution in [0.1, 0.15) is 28.9 Å². The largest absolute Gasteiger partial charge is 0.486 e. The average molecular weight is 345 g/mol. The van der Waals surface area contributed by atoms with Gasteiger partial charge < -0.3 is 19.7 Å². The fourth-order valence-electron chi connectivity index (χ4n) is 2.89. The van der Waals surface area contributed by atoms with Crippen LogP contribution in [-0.4, -0.2) is 37.2 Å². The van der Waals surface area contributed by atoms with Crippen LogP contribution in [0.3, 0.4) is 0 Å². The van der Waals surface area contributed by atoms with Gasteiger partial charge in [-0.15, -0.1) is 11.3 Å². The van der Waals surface area contributed by atoms with E-state index in [0.717, 1.165) is 23.9 Å². The number of rotatable bonds is 4. The molecule has 126 valence electrons. The first-order chi connectivity index (χ1) is 11.8. The summed E-state index contributed by atoms with van der Waals surface area (Å²) >= 11 is 1.64. The molecule has 7 heteroatoms. The number of benzene rings is 1. The number of hydrogen-bond donors (Lipinski definition) is 1. The number of carbonyl (C=O) groups excluding carboxylic acids is 1. The van der Waals surface area contributed by atoms with E-state index in [4.69, 9.17) is 9.47 Å². The monoisotopic (exact) mass is 345 g/mol. The Morgan fingerprint density at radius 1 is 1.21 bits per heavy atom. The second-order valence-electron chi connectivity index (χ2n) is 5.86. The number of nitrogens with zero attached hydrogens (tertiary/aromatic N) is 2. The Morgan fingerprint density at radius 3 is 2.83 bits per heavy atom. The third-order valence-electron chi connectivity index (χ3n) is 4.15. The second-order valence-corrected chi connectivity index (χ2v) is 6.69. The van der Waals surface area contributed by atoms with Crippen LogP contribution in [0.5, 0.6) is 11.5 Å². The lowest BCUT2D eigenvalue weighted by atomic mass is 10.2. The second kappa shape index (κ2) is 6.68. The zero-order valence-electron chi connectivity index (χ0n) is 13.3. The van der Waals surface area contributed by atoms with Crippen molar-refractivity contribution in [2.45, 2.75) is 19.4 Å². The summed E-state index contributed by atoms with van der Waals surface area (Å²) in [6.45, 7) is 3.64. The molecule has 0 aliphatic carbocycles. The number of anilines is 1. The minimum atomic E-state index is -0.136. The predicted octanol–water partition coefficient (Wildman–Crippen LogP) is 2.44. The number of aromatic nitrogens is 1. The highest BCUT2D eigenvalue weighted by atomic mass is 32.1. The van der Waals surface area contributed by atoms with Crippen LogP contribution in [0.2, 0.25) is 0 Å². The van der Waals surface area contributed by atoms with Gasteiger partial charge in [-0.2, -0.15) is 0 Å². The van der Waals surface area contributed by atoms with Gasteiger partial charge in [0.15, 0.2) is 16.6 Å². The summed E-state index contributed by atoms with van der Waals surface area (Å²) in [5, 5.41) is 5.98. The average Bonchev–Trinajstić information content (AvgIpc) is 3.30. The Balaban J connectivity index is 1.38. The van der Waals surface area contributed by atoms with E-state index in [1.54, 1.807) is 29.5 Å². The summed E-state index contributed by atoms with van der Waals surface area (Å²) in [5.74, 6) is 1.18. The van der Waals surface area contributed by atoms with Gasteiger partial charge in [-0.05, 0) is 31.0 Å². The van der Waals surface area contributed by atoms with E-state index in [-0.39, 0.29) is 5.91 Å². The van der Waals surface area contributed by atoms with E-state index in [2.05, 4.69) is 15.2 Å². The van der Waals surface area contributed by atoms with E-state index in [1.807, 2.05) is 5.38 Å². The lowest BCUT2D eigenvalue weighted by Crippen LogP contribution is -2.24. The normalized spacial score (nSPS) is 16.2. The van der Waals surface area contributed by atoms with E-state index >= 15 is 0 Å². The molecule has 0 radical (unpaired) electrons. The van der Waals surface area contributed by atoms with Crippen LogP contribution >= 0.6 is 11.3 Å². The number of fused-ring (bicyclic) bond motifs is 1. The van der Waals surface area contributed by atoms with Gasteiger partial charge in [0.1, 0.15) is 13.2 Å². The maximum Gasteiger partial charge on any atom is 0.251 e. The molecule has 1 N–H and O–H groups in total. The summed E-state index contributed by atoms with van der Waals surface area (Å²) in [5.41, 5.74) is 1.46. The summed E-state index contributed by atoms with van der Waals surface area (Å²) in [6.07, 6.45) is 2.46. The van der Waals surface area contributed by atoms with E-state index in [0.29, 0.717) is 36.8 Å². The van der Waals surface area contributed by atoms with Crippen molar-refractivity contribution in [1.29, 1.82) is 0 Å². The molecule has 0 spiro atoms. The van der Waals surface area contributed by atoms with Crippen molar-refractivity contribution < 1.29 is 14.3 Å².